The molecule has 0 aliphatic heterocycles. The second-order valence-electron chi connectivity index (χ2n) is 5.85. The molecular formula is C18H15N3O3S. The van der Waals surface area contributed by atoms with E-state index in [4.69, 9.17) is 4.52 Å². The minimum absolute atomic E-state index is 0.0283. The monoisotopic (exact) mass is 353 g/mol. The van der Waals surface area contributed by atoms with Crippen molar-refractivity contribution in [2.24, 2.45) is 5.92 Å². The van der Waals surface area contributed by atoms with Crippen molar-refractivity contribution in [3.05, 3.63) is 53.5 Å². The number of amides is 2. The molecule has 2 amide bonds. The van der Waals surface area contributed by atoms with Crippen LogP contribution in [0, 0.1) is 5.92 Å². The maximum atomic E-state index is 12.3. The number of carbonyl (C=O) groups excluding carboxylic acids is 2. The third-order valence-electron chi connectivity index (χ3n) is 3.84. The lowest BCUT2D eigenvalue weighted by Crippen LogP contribution is -2.15. The van der Waals surface area contributed by atoms with E-state index in [0.29, 0.717) is 17.1 Å². The number of nitrogens with one attached hydrogen (secondary N) is 2. The number of benzene rings is 1. The summed E-state index contributed by atoms with van der Waals surface area (Å²) >= 11 is 1.51. The molecule has 2 N–H and O–H groups in total. The molecule has 0 radical (unpaired) electrons. The van der Waals surface area contributed by atoms with Gasteiger partial charge < -0.3 is 15.2 Å². The largest absolute Gasteiger partial charge is 0.355 e. The van der Waals surface area contributed by atoms with Crippen LogP contribution in [-0.4, -0.2) is 17.0 Å². The van der Waals surface area contributed by atoms with Crippen LogP contribution < -0.4 is 10.6 Å². The maximum Gasteiger partial charge on any atom is 0.277 e. The first kappa shape index (κ1) is 15.6. The Kier molecular flexibility index (Phi) is 4.07. The van der Waals surface area contributed by atoms with Crippen molar-refractivity contribution in [3.63, 3.8) is 0 Å². The number of rotatable bonds is 5. The average Bonchev–Trinajstić information content (AvgIpc) is 3.10. The summed E-state index contributed by atoms with van der Waals surface area (Å²) < 4.78 is 5.22. The van der Waals surface area contributed by atoms with Gasteiger partial charge in [0.25, 0.3) is 5.91 Å². The predicted octanol–water partition coefficient (Wildman–Crippen LogP) is 4.00. The van der Waals surface area contributed by atoms with Crippen LogP contribution in [0.25, 0.3) is 10.6 Å². The van der Waals surface area contributed by atoms with Crippen LogP contribution in [-0.2, 0) is 4.79 Å². The van der Waals surface area contributed by atoms with Gasteiger partial charge in [-0.1, -0.05) is 17.3 Å². The highest BCUT2D eigenvalue weighted by atomic mass is 32.1. The zero-order chi connectivity index (χ0) is 17.2. The summed E-state index contributed by atoms with van der Waals surface area (Å²) in [5.41, 5.74) is 1.45. The molecule has 0 spiro atoms. The highest BCUT2D eigenvalue weighted by molar-refractivity contribution is 7.13. The first-order valence-corrected chi connectivity index (χ1v) is 8.80. The lowest BCUT2D eigenvalue weighted by atomic mass is 10.2. The number of nitrogens with zero attached hydrogens (tertiary/aromatic N) is 1. The Morgan fingerprint density at radius 3 is 2.60 bits per heavy atom. The maximum absolute atomic E-state index is 12.3. The third-order valence-corrected chi connectivity index (χ3v) is 4.73. The van der Waals surface area contributed by atoms with Gasteiger partial charge in [-0.15, -0.1) is 11.3 Å². The molecule has 3 aromatic rings. The SMILES string of the molecule is O=C(Nc1cccc(NC(=O)C2CC2)c1)c1cc(-c2cccs2)on1. The van der Waals surface area contributed by atoms with Crippen molar-refractivity contribution < 1.29 is 14.1 Å². The molecule has 2 heterocycles. The lowest BCUT2D eigenvalue weighted by molar-refractivity contribution is -0.117. The molecule has 1 aliphatic rings. The summed E-state index contributed by atoms with van der Waals surface area (Å²) in [4.78, 5) is 25.1. The Labute approximate surface area is 147 Å². The fourth-order valence-corrected chi connectivity index (χ4v) is 3.05. The third kappa shape index (κ3) is 3.61. The predicted molar refractivity (Wildman–Crippen MR) is 95.6 cm³/mol. The Morgan fingerprint density at radius 1 is 1.08 bits per heavy atom. The molecule has 0 unspecified atom stereocenters. The molecule has 0 saturated heterocycles. The smallest absolute Gasteiger partial charge is 0.277 e. The highest BCUT2D eigenvalue weighted by Crippen LogP contribution is 2.30. The van der Waals surface area contributed by atoms with Crippen LogP contribution in [0.2, 0.25) is 0 Å². The number of anilines is 2. The molecule has 6 nitrogen and oxygen atoms in total. The summed E-state index contributed by atoms with van der Waals surface area (Å²) in [6, 6.07) is 12.5. The van der Waals surface area contributed by atoms with Crippen molar-refractivity contribution in [1.82, 2.24) is 5.16 Å². The second-order valence-corrected chi connectivity index (χ2v) is 6.80. The molecule has 4 rings (SSSR count). The van der Waals surface area contributed by atoms with Gasteiger partial charge in [-0.2, -0.15) is 0 Å². The van der Waals surface area contributed by atoms with Crippen LogP contribution in [0.1, 0.15) is 23.3 Å². The van der Waals surface area contributed by atoms with E-state index in [2.05, 4.69) is 15.8 Å². The van der Waals surface area contributed by atoms with Crippen molar-refractivity contribution >= 4 is 34.5 Å². The number of aromatic nitrogens is 1. The average molecular weight is 353 g/mol. The van der Waals surface area contributed by atoms with Crippen LogP contribution in [0.4, 0.5) is 11.4 Å². The van der Waals surface area contributed by atoms with E-state index in [9.17, 15) is 9.59 Å². The number of thiophene rings is 1. The van der Waals surface area contributed by atoms with E-state index in [-0.39, 0.29) is 23.4 Å². The van der Waals surface area contributed by atoms with E-state index in [0.717, 1.165) is 17.7 Å². The van der Waals surface area contributed by atoms with E-state index in [1.165, 1.54) is 11.3 Å². The first-order valence-electron chi connectivity index (χ1n) is 7.92. The fourth-order valence-electron chi connectivity index (χ4n) is 2.38. The van der Waals surface area contributed by atoms with Gasteiger partial charge in [0.15, 0.2) is 11.5 Å². The van der Waals surface area contributed by atoms with Crippen LogP contribution in [0.15, 0.2) is 52.4 Å². The Balaban J connectivity index is 1.44. The summed E-state index contributed by atoms with van der Waals surface area (Å²) in [6.07, 6.45) is 1.89. The van der Waals surface area contributed by atoms with Gasteiger partial charge in [0, 0.05) is 23.4 Å². The van der Waals surface area contributed by atoms with Gasteiger partial charge >= 0.3 is 0 Å². The first-order chi connectivity index (χ1) is 12.2. The zero-order valence-corrected chi connectivity index (χ0v) is 14.0. The van der Waals surface area contributed by atoms with Gasteiger partial charge in [-0.3, -0.25) is 9.59 Å². The molecule has 25 heavy (non-hydrogen) atoms. The molecule has 1 saturated carbocycles. The zero-order valence-electron chi connectivity index (χ0n) is 13.2. The van der Waals surface area contributed by atoms with Crippen molar-refractivity contribution in [1.29, 1.82) is 0 Å². The van der Waals surface area contributed by atoms with Crippen molar-refractivity contribution in [3.8, 4) is 10.6 Å². The van der Waals surface area contributed by atoms with Gasteiger partial charge in [-0.25, -0.2) is 0 Å². The van der Waals surface area contributed by atoms with E-state index < -0.39 is 0 Å². The second kappa shape index (κ2) is 6.52. The van der Waals surface area contributed by atoms with Crippen LogP contribution >= 0.6 is 11.3 Å². The van der Waals surface area contributed by atoms with Crippen LogP contribution in [0.5, 0.6) is 0 Å². The normalized spacial score (nSPS) is 13.4. The van der Waals surface area contributed by atoms with Crippen molar-refractivity contribution in [2.75, 3.05) is 10.6 Å². The Morgan fingerprint density at radius 2 is 1.88 bits per heavy atom. The van der Waals surface area contributed by atoms with Gasteiger partial charge in [0.05, 0.1) is 4.88 Å². The molecular weight excluding hydrogens is 338 g/mol. The Hall–Kier alpha value is -2.93. The van der Waals surface area contributed by atoms with E-state index >= 15 is 0 Å². The Bertz CT molecular complexity index is 913. The number of hydrogen-bond acceptors (Lipinski definition) is 5. The summed E-state index contributed by atoms with van der Waals surface area (Å²) in [5, 5.41) is 11.4. The van der Waals surface area contributed by atoms with Gasteiger partial charge in [0.2, 0.25) is 5.91 Å². The molecule has 1 aromatic carbocycles. The summed E-state index contributed by atoms with van der Waals surface area (Å²) in [6.45, 7) is 0. The van der Waals surface area contributed by atoms with Crippen molar-refractivity contribution in [2.45, 2.75) is 12.8 Å². The number of hydrogen-bond donors (Lipinski definition) is 2. The van der Waals surface area contributed by atoms with E-state index in [1.54, 1.807) is 30.3 Å². The van der Waals surface area contributed by atoms with Crippen LogP contribution in [0.3, 0.4) is 0 Å². The molecule has 1 fully saturated rings. The molecule has 126 valence electrons. The molecule has 0 atom stereocenters. The topological polar surface area (TPSA) is 84.2 Å². The fraction of sp³-hybridized carbons (Fsp3) is 0.167. The molecule has 7 heteroatoms. The lowest BCUT2D eigenvalue weighted by Gasteiger charge is -2.07. The number of carbonyl (C=O) groups is 2. The van der Waals surface area contributed by atoms with E-state index in [1.807, 2.05) is 17.5 Å². The quantitative estimate of drug-likeness (QED) is 0.726. The standard InChI is InChI=1S/C18H15N3O3S/c22-17(11-6-7-11)19-12-3-1-4-13(9-12)20-18(23)14-10-15(24-21-14)16-5-2-8-25-16/h1-5,8-11H,6-7H2,(H,19,22)(H,20,23). The molecule has 0 bridgehead atoms. The summed E-state index contributed by atoms with van der Waals surface area (Å²) in [7, 11) is 0. The minimum Gasteiger partial charge on any atom is -0.355 e. The minimum atomic E-state index is -0.364. The molecule has 1 aliphatic carbocycles. The summed E-state index contributed by atoms with van der Waals surface area (Å²) in [5.74, 6) is 0.354. The molecule has 2 aromatic heterocycles. The van der Waals surface area contributed by atoms with Gasteiger partial charge in [0.1, 0.15) is 0 Å². The van der Waals surface area contributed by atoms with Gasteiger partial charge in [-0.05, 0) is 42.5 Å². The highest BCUT2D eigenvalue weighted by Gasteiger charge is 2.29.